The van der Waals surface area contributed by atoms with Gasteiger partial charge >= 0.3 is 11.7 Å². The van der Waals surface area contributed by atoms with Crippen molar-refractivity contribution in [1.29, 1.82) is 0 Å². The van der Waals surface area contributed by atoms with Gasteiger partial charge in [0.1, 0.15) is 6.54 Å². The maximum Gasteiger partial charge on any atom is 0.329 e. The second-order valence-corrected chi connectivity index (χ2v) is 4.42. The number of carbonyl (C=O) groups is 1. The predicted octanol–water partition coefficient (Wildman–Crippen LogP) is 0.658. The predicted molar refractivity (Wildman–Crippen MR) is 70.1 cm³/mol. The van der Waals surface area contributed by atoms with Crippen LogP contribution in [0.2, 0.25) is 0 Å². The molecule has 2 N–H and O–H groups in total. The lowest BCUT2D eigenvalue weighted by atomic mass is 10.2. The third-order valence-electron chi connectivity index (χ3n) is 3.08. The number of imidazole rings is 1. The van der Waals surface area contributed by atoms with Gasteiger partial charge < -0.3 is 10.2 Å². The van der Waals surface area contributed by atoms with Gasteiger partial charge in [-0.25, -0.2) is 4.79 Å². The van der Waals surface area contributed by atoms with E-state index in [9.17, 15) is 14.7 Å². The van der Waals surface area contributed by atoms with E-state index < -0.39 is 17.8 Å². The van der Waals surface area contributed by atoms with Crippen molar-refractivity contribution in [3.05, 3.63) is 34.7 Å². The maximum atomic E-state index is 12.2. The van der Waals surface area contributed by atoms with E-state index in [0.29, 0.717) is 17.5 Å². The van der Waals surface area contributed by atoms with Gasteiger partial charge in [0, 0.05) is 0 Å². The fraction of sp³-hybridized carbons (Fsp3) is 0.385. The Balaban J connectivity index is 2.60. The Morgan fingerprint density at radius 1 is 1.26 bits per heavy atom. The van der Waals surface area contributed by atoms with Crippen LogP contribution in [0.3, 0.4) is 0 Å². The molecule has 1 aromatic heterocycles. The summed E-state index contributed by atoms with van der Waals surface area (Å²) < 4.78 is 2.63. The highest BCUT2D eigenvalue weighted by Gasteiger charge is 2.16. The molecule has 0 fully saturated rings. The van der Waals surface area contributed by atoms with Crippen molar-refractivity contribution in [1.82, 2.24) is 9.13 Å². The monoisotopic (exact) mass is 264 g/mol. The quantitative estimate of drug-likeness (QED) is 0.830. The summed E-state index contributed by atoms with van der Waals surface area (Å²) in [6.45, 7) is 1.61. The number of fused-ring (bicyclic) bond motifs is 1. The summed E-state index contributed by atoms with van der Waals surface area (Å²) in [6.07, 6.45) is -0.0907. The third-order valence-corrected chi connectivity index (χ3v) is 3.08. The Kier molecular flexibility index (Phi) is 3.71. The lowest BCUT2D eigenvalue weighted by Crippen LogP contribution is -2.30. The number of aliphatic carboxylic acids is 1. The molecular formula is C13H16N2O4. The summed E-state index contributed by atoms with van der Waals surface area (Å²) in [5.74, 6) is -1.07. The number of aromatic nitrogens is 2. The van der Waals surface area contributed by atoms with Crippen LogP contribution in [0.5, 0.6) is 0 Å². The van der Waals surface area contributed by atoms with Crippen LogP contribution in [0, 0.1) is 0 Å². The molecule has 2 aromatic rings. The Morgan fingerprint density at radius 2 is 1.84 bits per heavy atom. The second-order valence-electron chi connectivity index (χ2n) is 4.42. The molecular weight excluding hydrogens is 248 g/mol. The summed E-state index contributed by atoms with van der Waals surface area (Å²) in [5, 5.41) is 18.6. The van der Waals surface area contributed by atoms with Gasteiger partial charge in [0.05, 0.1) is 23.7 Å². The molecule has 1 aromatic carbocycles. The van der Waals surface area contributed by atoms with E-state index in [0.717, 1.165) is 0 Å². The minimum atomic E-state index is -1.07. The zero-order valence-corrected chi connectivity index (χ0v) is 10.6. The van der Waals surface area contributed by atoms with Crippen molar-refractivity contribution in [2.24, 2.45) is 0 Å². The van der Waals surface area contributed by atoms with E-state index in [1.807, 2.05) is 6.92 Å². The van der Waals surface area contributed by atoms with E-state index in [1.54, 1.807) is 24.3 Å². The number of carboxylic acids is 1. The number of hydrogen-bond acceptors (Lipinski definition) is 3. The molecule has 2 rings (SSSR count). The summed E-state index contributed by atoms with van der Waals surface area (Å²) in [4.78, 5) is 23.1. The van der Waals surface area contributed by atoms with Gasteiger partial charge in [0.2, 0.25) is 0 Å². The zero-order chi connectivity index (χ0) is 14.0. The molecule has 0 spiro atoms. The van der Waals surface area contributed by atoms with Crippen LogP contribution < -0.4 is 5.69 Å². The minimum absolute atomic E-state index is 0.169. The average Bonchev–Trinajstić information content (AvgIpc) is 2.64. The van der Waals surface area contributed by atoms with Crippen molar-refractivity contribution >= 4 is 17.0 Å². The normalized spacial score (nSPS) is 12.7. The number of aliphatic hydroxyl groups excluding tert-OH is 1. The van der Waals surface area contributed by atoms with Crippen LogP contribution in [0.15, 0.2) is 29.1 Å². The smallest absolute Gasteiger partial charge is 0.329 e. The van der Waals surface area contributed by atoms with E-state index in [4.69, 9.17) is 5.11 Å². The molecule has 0 aliphatic rings. The number of rotatable bonds is 5. The third kappa shape index (κ3) is 2.53. The molecule has 6 nitrogen and oxygen atoms in total. The molecule has 0 unspecified atom stereocenters. The van der Waals surface area contributed by atoms with Crippen molar-refractivity contribution in [2.75, 3.05) is 0 Å². The van der Waals surface area contributed by atoms with Crippen molar-refractivity contribution in [3.8, 4) is 0 Å². The Bertz CT molecular complexity index is 656. The molecule has 0 amide bonds. The van der Waals surface area contributed by atoms with Gasteiger partial charge in [0.25, 0.3) is 0 Å². The number of para-hydroxylation sites is 2. The van der Waals surface area contributed by atoms with Gasteiger partial charge in [-0.2, -0.15) is 0 Å². The molecule has 0 aliphatic carbocycles. The molecule has 1 atom stereocenters. The lowest BCUT2D eigenvalue weighted by molar-refractivity contribution is -0.137. The van der Waals surface area contributed by atoms with Crippen LogP contribution in [0.1, 0.15) is 13.3 Å². The first-order valence-electron chi connectivity index (χ1n) is 6.12. The van der Waals surface area contributed by atoms with Crippen molar-refractivity contribution < 1.29 is 15.0 Å². The molecule has 0 radical (unpaired) electrons. The second kappa shape index (κ2) is 5.27. The fourth-order valence-electron chi connectivity index (χ4n) is 2.08. The first kappa shape index (κ1) is 13.4. The highest BCUT2D eigenvalue weighted by Crippen LogP contribution is 2.13. The number of aliphatic hydroxyl groups is 1. The first-order valence-corrected chi connectivity index (χ1v) is 6.12. The van der Waals surface area contributed by atoms with Crippen LogP contribution in [-0.4, -0.2) is 31.4 Å². The summed E-state index contributed by atoms with van der Waals surface area (Å²) in [6, 6.07) is 6.98. The summed E-state index contributed by atoms with van der Waals surface area (Å²) >= 11 is 0. The number of carboxylic acid groups (broad SMARTS) is 1. The Hall–Kier alpha value is -2.08. The van der Waals surface area contributed by atoms with E-state index in [-0.39, 0.29) is 13.1 Å². The number of hydrogen-bond donors (Lipinski definition) is 2. The van der Waals surface area contributed by atoms with E-state index in [2.05, 4.69) is 0 Å². The molecule has 0 bridgehead atoms. The van der Waals surface area contributed by atoms with Crippen LogP contribution in [0.25, 0.3) is 11.0 Å². The lowest BCUT2D eigenvalue weighted by Gasteiger charge is -2.08. The average molecular weight is 264 g/mol. The van der Waals surface area contributed by atoms with Crippen LogP contribution in [-0.2, 0) is 17.9 Å². The van der Waals surface area contributed by atoms with Crippen LogP contribution >= 0.6 is 0 Å². The van der Waals surface area contributed by atoms with Crippen molar-refractivity contribution in [3.63, 3.8) is 0 Å². The van der Waals surface area contributed by atoms with Gasteiger partial charge in [-0.3, -0.25) is 13.9 Å². The largest absolute Gasteiger partial charge is 0.480 e. The van der Waals surface area contributed by atoms with Crippen molar-refractivity contribution in [2.45, 2.75) is 32.5 Å². The molecule has 1 heterocycles. The van der Waals surface area contributed by atoms with Gasteiger partial charge in [-0.05, 0) is 18.6 Å². The van der Waals surface area contributed by atoms with E-state index >= 15 is 0 Å². The van der Waals surface area contributed by atoms with Gasteiger partial charge in [-0.15, -0.1) is 0 Å². The molecule has 19 heavy (non-hydrogen) atoms. The highest BCUT2D eigenvalue weighted by molar-refractivity contribution is 5.78. The summed E-state index contributed by atoms with van der Waals surface area (Å²) in [7, 11) is 0. The maximum absolute atomic E-state index is 12.2. The SMILES string of the molecule is CC[C@@H](O)Cn1c(=O)n(CC(=O)O)c2ccccc21. The molecule has 0 saturated heterocycles. The Labute approximate surface area is 109 Å². The topological polar surface area (TPSA) is 84.5 Å². The number of benzene rings is 1. The number of nitrogens with zero attached hydrogens (tertiary/aromatic N) is 2. The zero-order valence-electron chi connectivity index (χ0n) is 10.6. The molecule has 0 saturated carbocycles. The fourth-order valence-corrected chi connectivity index (χ4v) is 2.08. The van der Waals surface area contributed by atoms with E-state index in [1.165, 1.54) is 9.13 Å². The first-order chi connectivity index (χ1) is 9.04. The summed E-state index contributed by atoms with van der Waals surface area (Å²) in [5.41, 5.74) is 0.801. The standard InChI is InChI=1S/C13H16N2O4/c1-2-9(16)7-14-10-5-3-4-6-11(10)15(13(14)19)8-12(17)18/h3-6,9,16H,2,7-8H2,1H3,(H,17,18)/t9-/m1/s1. The van der Waals surface area contributed by atoms with Crippen LogP contribution in [0.4, 0.5) is 0 Å². The minimum Gasteiger partial charge on any atom is -0.480 e. The molecule has 0 aliphatic heterocycles. The van der Waals surface area contributed by atoms with Gasteiger partial charge in [-0.1, -0.05) is 19.1 Å². The molecule has 102 valence electrons. The highest BCUT2D eigenvalue weighted by atomic mass is 16.4. The van der Waals surface area contributed by atoms with Gasteiger partial charge in [0.15, 0.2) is 0 Å². The molecule has 6 heteroatoms. The Morgan fingerprint density at radius 3 is 2.37 bits per heavy atom.